The number of rotatable bonds is 4. The van der Waals surface area contributed by atoms with Gasteiger partial charge in [-0.25, -0.2) is 9.38 Å². The molecular formula is C11H15BrFN3. The zero-order valence-corrected chi connectivity index (χ0v) is 10.7. The minimum Gasteiger partial charge on any atom is -0.370 e. The second-order valence-corrected chi connectivity index (χ2v) is 4.22. The van der Waals surface area contributed by atoms with Crippen molar-refractivity contribution in [2.45, 2.75) is 19.9 Å². The van der Waals surface area contributed by atoms with Gasteiger partial charge in [0.05, 0.1) is 6.54 Å². The average Bonchev–Trinajstić information content (AvgIpc) is 2.27. The van der Waals surface area contributed by atoms with Gasteiger partial charge in [0.2, 0.25) is 0 Å². The lowest BCUT2D eigenvalue weighted by atomic mass is 10.2. The van der Waals surface area contributed by atoms with Crippen molar-refractivity contribution in [3.05, 3.63) is 34.1 Å². The van der Waals surface area contributed by atoms with Gasteiger partial charge in [0.1, 0.15) is 5.82 Å². The Kier molecular flexibility index (Phi) is 5.25. The first-order valence-electron chi connectivity index (χ1n) is 5.11. The molecule has 3 N–H and O–H groups in total. The molecule has 88 valence electrons. The highest BCUT2D eigenvalue weighted by atomic mass is 79.9. The number of nitrogens with one attached hydrogen (secondary N) is 1. The van der Waals surface area contributed by atoms with Gasteiger partial charge in [-0.05, 0) is 30.2 Å². The lowest BCUT2D eigenvalue weighted by molar-refractivity contribution is 0.625. The predicted molar refractivity (Wildman–Crippen MR) is 67.7 cm³/mol. The van der Waals surface area contributed by atoms with Gasteiger partial charge >= 0.3 is 0 Å². The van der Waals surface area contributed by atoms with Crippen molar-refractivity contribution in [1.82, 2.24) is 5.32 Å². The van der Waals surface area contributed by atoms with Crippen LogP contribution in [0, 0.1) is 5.82 Å². The van der Waals surface area contributed by atoms with Crippen molar-refractivity contribution in [3.63, 3.8) is 0 Å². The SMILES string of the molecule is CCCNC(N)=NCc1cc(F)ccc1Br. The van der Waals surface area contributed by atoms with Gasteiger partial charge < -0.3 is 11.1 Å². The molecule has 0 fully saturated rings. The Labute approximate surface area is 103 Å². The summed E-state index contributed by atoms with van der Waals surface area (Å²) in [7, 11) is 0. The first kappa shape index (κ1) is 13.0. The third-order valence-corrected chi connectivity index (χ3v) is 2.76. The fourth-order valence-corrected chi connectivity index (χ4v) is 1.52. The maximum absolute atomic E-state index is 13.0. The first-order chi connectivity index (χ1) is 7.63. The molecule has 1 aromatic rings. The number of benzene rings is 1. The van der Waals surface area contributed by atoms with Gasteiger partial charge in [-0.1, -0.05) is 22.9 Å². The molecule has 0 aromatic heterocycles. The van der Waals surface area contributed by atoms with Crippen molar-refractivity contribution in [2.24, 2.45) is 10.7 Å². The summed E-state index contributed by atoms with van der Waals surface area (Å²) < 4.78 is 13.8. The number of aliphatic imine (C=N–C) groups is 1. The first-order valence-corrected chi connectivity index (χ1v) is 5.90. The van der Waals surface area contributed by atoms with E-state index in [1.807, 2.05) is 6.92 Å². The molecule has 16 heavy (non-hydrogen) atoms. The van der Waals surface area contributed by atoms with Gasteiger partial charge in [0, 0.05) is 11.0 Å². The normalized spacial score (nSPS) is 11.6. The van der Waals surface area contributed by atoms with E-state index in [1.165, 1.54) is 12.1 Å². The molecule has 0 atom stereocenters. The topological polar surface area (TPSA) is 50.4 Å². The van der Waals surface area contributed by atoms with Gasteiger partial charge in [-0.15, -0.1) is 0 Å². The number of hydrogen-bond donors (Lipinski definition) is 2. The number of nitrogens with zero attached hydrogens (tertiary/aromatic N) is 1. The van der Waals surface area contributed by atoms with Crippen LogP contribution in [0.15, 0.2) is 27.7 Å². The van der Waals surface area contributed by atoms with E-state index in [2.05, 4.69) is 26.2 Å². The highest BCUT2D eigenvalue weighted by Crippen LogP contribution is 2.18. The quantitative estimate of drug-likeness (QED) is 0.660. The van der Waals surface area contributed by atoms with Crippen LogP contribution in [0.2, 0.25) is 0 Å². The number of nitrogens with two attached hydrogens (primary N) is 1. The molecule has 0 radical (unpaired) electrons. The summed E-state index contributed by atoms with van der Waals surface area (Å²) in [6.45, 7) is 3.20. The van der Waals surface area contributed by atoms with Gasteiger partial charge in [0.25, 0.3) is 0 Å². The third kappa shape index (κ3) is 4.18. The number of hydrogen-bond acceptors (Lipinski definition) is 1. The van der Waals surface area contributed by atoms with Crippen LogP contribution in [-0.4, -0.2) is 12.5 Å². The third-order valence-electron chi connectivity index (χ3n) is 1.98. The molecule has 5 heteroatoms. The molecule has 1 aromatic carbocycles. The van der Waals surface area contributed by atoms with Crippen molar-refractivity contribution in [2.75, 3.05) is 6.54 Å². The summed E-state index contributed by atoms with van der Waals surface area (Å²) in [6, 6.07) is 4.51. The molecule has 0 saturated carbocycles. The molecular weight excluding hydrogens is 273 g/mol. The van der Waals surface area contributed by atoms with Crippen LogP contribution in [0.3, 0.4) is 0 Å². The van der Waals surface area contributed by atoms with E-state index in [0.29, 0.717) is 12.5 Å². The van der Waals surface area contributed by atoms with E-state index in [-0.39, 0.29) is 5.82 Å². The summed E-state index contributed by atoms with van der Waals surface area (Å²) in [4.78, 5) is 4.12. The summed E-state index contributed by atoms with van der Waals surface area (Å²) in [5, 5.41) is 2.96. The maximum atomic E-state index is 13.0. The van der Waals surface area contributed by atoms with E-state index in [0.717, 1.165) is 23.0 Å². The number of guanidine groups is 1. The fraction of sp³-hybridized carbons (Fsp3) is 0.364. The van der Waals surface area contributed by atoms with Crippen LogP contribution in [0.5, 0.6) is 0 Å². The summed E-state index contributed by atoms with van der Waals surface area (Å²) >= 11 is 3.34. The zero-order valence-electron chi connectivity index (χ0n) is 9.13. The highest BCUT2D eigenvalue weighted by Gasteiger charge is 2.01. The van der Waals surface area contributed by atoms with Gasteiger partial charge in [0.15, 0.2) is 5.96 Å². The van der Waals surface area contributed by atoms with Gasteiger partial charge in [-0.3, -0.25) is 0 Å². The molecule has 0 saturated heterocycles. The molecule has 0 unspecified atom stereocenters. The fourth-order valence-electron chi connectivity index (χ4n) is 1.14. The Balaban J connectivity index is 2.62. The minimum atomic E-state index is -0.270. The molecule has 0 amide bonds. The largest absolute Gasteiger partial charge is 0.370 e. The van der Waals surface area contributed by atoms with Gasteiger partial charge in [-0.2, -0.15) is 0 Å². The van der Waals surface area contributed by atoms with E-state index < -0.39 is 0 Å². The molecule has 0 aliphatic carbocycles. The average molecular weight is 288 g/mol. The zero-order chi connectivity index (χ0) is 12.0. The van der Waals surface area contributed by atoms with Crippen molar-refractivity contribution in [3.8, 4) is 0 Å². The Morgan fingerprint density at radius 1 is 1.56 bits per heavy atom. The maximum Gasteiger partial charge on any atom is 0.188 e. The second kappa shape index (κ2) is 6.48. The van der Waals surface area contributed by atoms with Crippen molar-refractivity contribution < 1.29 is 4.39 Å². The molecule has 0 spiro atoms. The van der Waals surface area contributed by atoms with Crippen LogP contribution >= 0.6 is 15.9 Å². The summed E-state index contributed by atoms with van der Waals surface area (Å²) in [5.41, 5.74) is 6.40. The van der Waals surface area contributed by atoms with E-state index in [9.17, 15) is 4.39 Å². The molecule has 3 nitrogen and oxygen atoms in total. The minimum absolute atomic E-state index is 0.270. The lowest BCUT2D eigenvalue weighted by Gasteiger charge is -2.04. The Morgan fingerprint density at radius 2 is 2.31 bits per heavy atom. The second-order valence-electron chi connectivity index (χ2n) is 3.36. The van der Waals surface area contributed by atoms with Crippen LogP contribution in [0.4, 0.5) is 4.39 Å². The predicted octanol–water partition coefficient (Wildman–Crippen LogP) is 2.40. The smallest absolute Gasteiger partial charge is 0.188 e. The van der Waals surface area contributed by atoms with E-state index in [1.54, 1.807) is 6.07 Å². The molecule has 1 rings (SSSR count). The summed E-state index contributed by atoms with van der Waals surface area (Å²) in [6.07, 6.45) is 0.986. The molecule has 0 aliphatic rings. The highest BCUT2D eigenvalue weighted by molar-refractivity contribution is 9.10. The Morgan fingerprint density at radius 3 is 3.00 bits per heavy atom. The standard InChI is InChI=1S/C11H15BrFN3/c1-2-5-15-11(14)16-7-8-6-9(13)3-4-10(8)12/h3-4,6H,2,5,7H2,1H3,(H3,14,15,16). The summed E-state index contributed by atoms with van der Waals surface area (Å²) in [5.74, 6) is 0.117. The molecule has 0 aliphatic heterocycles. The van der Waals surface area contributed by atoms with E-state index in [4.69, 9.17) is 5.73 Å². The lowest BCUT2D eigenvalue weighted by Crippen LogP contribution is -2.32. The number of halogens is 2. The van der Waals surface area contributed by atoms with Crippen LogP contribution in [0.1, 0.15) is 18.9 Å². The molecule has 0 heterocycles. The van der Waals surface area contributed by atoms with Crippen LogP contribution < -0.4 is 11.1 Å². The van der Waals surface area contributed by atoms with Crippen LogP contribution in [0.25, 0.3) is 0 Å². The van der Waals surface area contributed by atoms with Crippen molar-refractivity contribution >= 4 is 21.9 Å². The Bertz CT molecular complexity index is 379. The van der Waals surface area contributed by atoms with Crippen molar-refractivity contribution in [1.29, 1.82) is 0 Å². The molecule has 0 bridgehead atoms. The van der Waals surface area contributed by atoms with E-state index >= 15 is 0 Å². The van der Waals surface area contributed by atoms with Crippen LogP contribution in [-0.2, 0) is 6.54 Å². The monoisotopic (exact) mass is 287 g/mol. The Hall–Kier alpha value is -1.10.